The zero-order valence-corrected chi connectivity index (χ0v) is 25.3. The predicted molar refractivity (Wildman–Crippen MR) is 157 cm³/mol. The maximum Gasteiger partial charge on any atom is 0.336 e. The number of carbonyl (C=O) groups is 3. The minimum atomic E-state index is -1.97. The van der Waals surface area contributed by atoms with Crippen LogP contribution >= 0.6 is 11.6 Å². The maximum absolute atomic E-state index is 14.9. The number of allylic oxidation sites excluding steroid dienone is 2. The number of hydrogen-bond donors (Lipinski definition) is 1. The summed E-state index contributed by atoms with van der Waals surface area (Å²) in [5.74, 6) is -2.59. The summed E-state index contributed by atoms with van der Waals surface area (Å²) in [5.41, 5.74) is 0.132. The van der Waals surface area contributed by atoms with Crippen LogP contribution in [0.1, 0.15) is 42.1 Å². The van der Waals surface area contributed by atoms with E-state index in [4.69, 9.17) is 35.3 Å². The average molecular weight is 618 g/mol. The van der Waals surface area contributed by atoms with Crippen LogP contribution in [0.4, 0.5) is 0 Å². The van der Waals surface area contributed by atoms with Crippen LogP contribution in [-0.4, -0.2) is 54.4 Å². The Morgan fingerprint density at radius 2 is 1.77 bits per heavy atom. The number of carbonyl (C=O) groups excluding carboxylic acids is 3. The molecule has 3 heterocycles. The second-order valence-corrected chi connectivity index (χ2v) is 11.0. The molecule has 1 unspecified atom stereocenters. The summed E-state index contributed by atoms with van der Waals surface area (Å²) in [7, 11) is 4.10. The van der Waals surface area contributed by atoms with E-state index in [0.29, 0.717) is 22.7 Å². The number of rotatable bonds is 6. The van der Waals surface area contributed by atoms with Gasteiger partial charge >= 0.3 is 12.0 Å². The SMILES string of the molecule is COC(=O)C1=C(C)NC2=C(C(=O)[C@@]3(Oc4c(Cl)c(OC)cc(OC)c4C3=O)[C@H](C)C2)C1c1cccc(Oc2ncccn2)c1. The molecule has 0 radical (unpaired) electrons. The van der Waals surface area contributed by atoms with E-state index in [1.54, 1.807) is 56.6 Å². The third-order valence-corrected chi connectivity index (χ3v) is 8.56. The normalized spacial score (nSPS) is 22.2. The second kappa shape index (κ2) is 11.0. The Morgan fingerprint density at radius 3 is 2.45 bits per heavy atom. The first-order valence-electron chi connectivity index (χ1n) is 13.7. The first-order chi connectivity index (χ1) is 21.2. The first kappa shape index (κ1) is 29.2. The van der Waals surface area contributed by atoms with Gasteiger partial charge in [-0.3, -0.25) is 9.59 Å². The van der Waals surface area contributed by atoms with Crippen molar-refractivity contribution in [2.75, 3.05) is 21.3 Å². The summed E-state index contributed by atoms with van der Waals surface area (Å²) < 4.78 is 28.2. The first-order valence-corrected chi connectivity index (χ1v) is 14.1. The van der Waals surface area contributed by atoms with E-state index >= 15 is 0 Å². The van der Waals surface area contributed by atoms with Gasteiger partial charge in [0.1, 0.15) is 27.8 Å². The van der Waals surface area contributed by atoms with Gasteiger partial charge in [0, 0.05) is 47.3 Å². The van der Waals surface area contributed by atoms with Crippen LogP contribution in [0, 0.1) is 5.92 Å². The summed E-state index contributed by atoms with van der Waals surface area (Å²) in [6.07, 6.45) is 3.35. The summed E-state index contributed by atoms with van der Waals surface area (Å²) >= 11 is 6.61. The fourth-order valence-corrected chi connectivity index (χ4v) is 6.45. The lowest BCUT2D eigenvalue weighted by Crippen LogP contribution is -2.58. The maximum atomic E-state index is 14.9. The Labute approximate surface area is 257 Å². The van der Waals surface area contributed by atoms with Crippen LogP contribution in [0.25, 0.3) is 0 Å². The highest BCUT2D eigenvalue weighted by Gasteiger charge is 2.63. The highest BCUT2D eigenvalue weighted by Crippen LogP contribution is 2.56. The molecule has 12 heteroatoms. The monoisotopic (exact) mass is 617 g/mol. The fraction of sp³-hybridized carbons (Fsp3) is 0.281. The van der Waals surface area contributed by atoms with Crippen LogP contribution in [0.15, 0.2) is 71.3 Å². The van der Waals surface area contributed by atoms with Crippen molar-refractivity contribution >= 4 is 29.1 Å². The molecule has 3 aromatic rings. The molecule has 0 amide bonds. The molecule has 2 aromatic carbocycles. The molecular formula is C32H28ClN3O8. The molecule has 11 nitrogen and oxygen atoms in total. The number of dihydropyridines is 1. The van der Waals surface area contributed by atoms with Crippen molar-refractivity contribution in [3.8, 4) is 29.0 Å². The molecule has 1 aromatic heterocycles. The van der Waals surface area contributed by atoms with Gasteiger partial charge in [-0.25, -0.2) is 14.8 Å². The highest BCUT2D eigenvalue weighted by atomic mass is 35.5. The van der Waals surface area contributed by atoms with Crippen molar-refractivity contribution in [1.29, 1.82) is 0 Å². The minimum Gasteiger partial charge on any atom is -0.496 e. The lowest BCUT2D eigenvalue weighted by Gasteiger charge is -2.42. The van der Waals surface area contributed by atoms with Crippen molar-refractivity contribution in [3.05, 3.63) is 87.5 Å². The number of ether oxygens (including phenoxy) is 5. The smallest absolute Gasteiger partial charge is 0.336 e. The summed E-state index contributed by atoms with van der Waals surface area (Å²) in [5, 5.41) is 3.29. The standard InChI is InChI=1S/C32H28ClN3O8/c1-15-12-19-24(28(37)32(15)29(38)25-20(40-3)14-21(41-4)26(33)27(25)44-32)23(22(16(2)36-19)30(39)42-5)17-8-6-9-18(13-17)43-31-34-10-7-11-35-31/h6-11,13-15,23,36H,12H2,1-5H3/t15-,23?,32+/m1/s1. The summed E-state index contributed by atoms with van der Waals surface area (Å²) in [6, 6.07) is 10.2. The fourth-order valence-electron chi connectivity index (χ4n) is 6.19. The summed E-state index contributed by atoms with van der Waals surface area (Å²) in [6.45, 7) is 3.51. The molecule has 1 aliphatic carbocycles. The van der Waals surface area contributed by atoms with Crippen LogP contribution in [0.5, 0.6) is 29.0 Å². The Hall–Kier alpha value is -4.90. The van der Waals surface area contributed by atoms with Crippen LogP contribution in [-0.2, 0) is 14.3 Å². The molecule has 3 aliphatic rings. The van der Waals surface area contributed by atoms with E-state index in [9.17, 15) is 14.4 Å². The highest BCUT2D eigenvalue weighted by molar-refractivity contribution is 6.36. The van der Waals surface area contributed by atoms with Crippen LogP contribution < -0.4 is 24.3 Å². The molecule has 3 atom stereocenters. The number of halogens is 1. The van der Waals surface area contributed by atoms with Gasteiger partial charge in [-0.1, -0.05) is 30.7 Å². The lowest BCUT2D eigenvalue weighted by atomic mass is 9.65. The van der Waals surface area contributed by atoms with Crippen molar-refractivity contribution in [2.45, 2.75) is 31.8 Å². The van der Waals surface area contributed by atoms with Crippen molar-refractivity contribution in [1.82, 2.24) is 15.3 Å². The lowest BCUT2D eigenvalue weighted by molar-refractivity contribution is -0.136. The van der Waals surface area contributed by atoms with Gasteiger partial charge in [0.2, 0.25) is 17.2 Å². The molecule has 1 N–H and O–H groups in total. The Bertz CT molecular complexity index is 1790. The number of aromatic nitrogens is 2. The van der Waals surface area contributed by atoms with Gasteiger partial charge in [-0.2, -0.15) is 0 Å². The molecule has 0 fully saturated rings. The van der Waals surface area contributed by atoms with E-state index in [2.05, 4.69) is 15.3 Å². The molecule has 0 saturated carbocycles. The van der Waals surface area contributed by atoms with Gasteiger partial charge in [0.25, 0.3) is 0 Å². The van der Waals surface area contributed by atoms with E-state index in [1.165, 1.54) is 27.4 Å². The van der Waals surface area contributed by atoms with Gasteiger partial charge in [0.15, 0.2) is 5.75 Å². The Morgan fingerprint density at radius 1 is 1.05 bits per heavy atom. The quantitative estimate of drug-likeness (QED) is 0.297. The van der Waals surface area contributed by atoms with Gasteiger partial charge < -0.3 is 29.0 Å². The average Bonchev–Trinajstić information content (AvgIpc) is 3.34. The largest absolute Gasteiger partial charge is 0.496 e. The second-order valence-electron chi connectivity index (χ2n) is 10.6. The van der Waals surface area contributed by atoms with Crippen molar-refractivity contribution in [2.24, 2.45) is 5.92 Å². The molecular weight excluding hydrogens is 590 g/mol. The topological polar surface area (TPSA) is 135 Å². The number of nitrogens with zero attached hydrogens (tertiary/aromatic N) is 2. The molecule has 44 heavy (non-hydrogen) atoms. The number of benzene rings is 2. The van der Waals surface area contributed by atoms with E-state index in [1.807, 2.05) is 0 Å². The number of methoxy groups -OCH3 is 3. The third kappa shape index (κ3) is 4.29. The van der Waals surface area contributed by atoms with Gasteiger partial charge in [-0.05, 0) is 37.1 Å². The van der Waals surface area contributed by atoms with Gasteiger partial charge in [0.05, 0.1) is 26.9 Å². The van der Waals surface area contributed by atoms with Crippen molar-refractivity contribution < 1.29 is 38.1 Å². The number of ketones is 2. The zero-order valence-electron chi connectivity index (χ0n) is 24.5. The molecule has 6 rings (SSSR count). The number of nitrogens with one attached hydrogen (secondary N) is 1. The number of fused-ring (bicyclic) bond motifs is 1. The third-order valence-electron chi connectivity index (χ3n) is 8.20. The summed E-state index contributed by atoms with van der Waals surface area (Å²) in [4.78, 5) is 50.7. The number of Topliss-reactive ketones (excluding diaryl/α,β-unsaturated/α-hetero) is 2. The van der Waals surface area contributed by atoms with E-state index < -0.39 is 35.0 Å². The van der Waals surface area contributed by atoms with Crippen LogP contribution in [0.3, 0.4) is 0 Å². The number of esters is 1. The zero-order chi connectivity index (χ0) is 31.3. The molecule has 1 spiro atoms. The van der Waals surface area contributed by atoms with E-state index in [-0.39, 0.29) is 51.4 Å². The van der Waals surface area contributed by atoms with Crippen LogP contribution in [0.2, 0.25) is 5.02 Å². The molecule has 0 saturated heterocycles. The molecule has 2 aliphatic heterocycles. The number of hydrogen-bond acceptors (Lipinski definition) is 11. The minimum absolute atomic E-state index is 0.00982. The predicted octanol–water partition coefficient (Wildman–Crippen LogP) is 4.95. The Balaban J connectivity index is 1.50. The van der Waals surface area contributed by atoms with Crippen molar-refractivity contribution in [3.63, 3.8) is 0 Å². The molecule has 0 bridgehead atoms. The molecule has 226 valence electrons. The Kier molecular flexibility index (Phi) is 7.28. The van der Waals surface area contributed by atoms with E-state index in [0.717, 1.165) is 0 Å². The van der Waals surface area contributed by atoms with Gasteiger partial charge in [-0.15, -0.1) is 0 Å².